The maximum atomic E-state index is 12.8. The molecule has 0 aromatic heterocycles. The van der Waals surface area contributed by atoms with Gasteiger partial charge in [-0.05, 0) is 106 Å². The predicted molar refractivity (Wildman–Crippen MR) is 146 cm³/mol. The molecule has 0 spiro atoms. The Morgan fingerprint density at radius 2 is 1.06 bits per heavy atom. The van der Waals surface area contributed by atoms with Crippen molar-refractivity contribution in [3.05, 3.63) is 85.5 Å². The van der Waals surface area contributed by atoms with Gasteiger partial charge in [-0.1, -0.05) is 43.5 Å². The van der Waals surface area contributed by atoms with Gasteiger partial charge < -0.3 is 10.6 Å². The second-order valence-electron chi connectivity index (χ2n) is 6.09. The number of hydrogen-bond acceptors (Lipinski definition) is 2. The molecule has 2 N–H and O–H groups in total. The van der Waals surface area contributed by atoms with E-state index in [4.69, 9.17) is 11.6 Å². The Morgan fingerprint density at radius 1 is 0.645 bits per heavy atom. The topological polar surface area (TPSA) is 58.2 Å². The molecular weight excluding hydrogens is 815 g/mol. The summed E-state index contributed by atoms with van der Waals surface area (Å²) in [5.74, 6) is -0.768. The summed E-state index contributed by atoms with van der Waals surface area (Å²) in [4.78, 5) is 25.5. The highest BCUT2D eigenvalue weighted by atomic mass is 79.9. The van der Waals surface area contributed by atoms with Crippen LogP contribution in [0.4, 0.5) is 11.4 Å². The lowest BCUT2D eigenvalue weighted by Gasteiger charge is -2.13. The highest BCUT2D eigenvalue weighted by Gasteiger charge is 2.18. The van der Waals surface area contributed by atoms with E-state index >= 15 is 0 Å². The van der Waals surface area contributed by atoms with E-state index in [1.54, 1.807) is 6.07 Å². The molecule has 0 aliphatic carbocycles. The Labute approximate surface area is 233 Å². The molecule has 0 saturated heterocycles. The van der Waals surface area contributed by atoms with Crippen molar-refractivity contribution in [1.29, 1.82) is 0 Å². The highest BCUT2D eigenvalue weighted by Crippen LogP contribution is 2.36. The van der Waals surface area contributed by atoms with Gasteiger partial charge in [-0.25, -0.2) is 0 Å². The number of amides is 2. The standard InChI is InChI=1S/C20H9Br6ClN2O2/c21-9-4-12(23)17(13(24)5-9)28-19(30)8-1-2-11(16(27)3-8)20(31)29-18-14(25)6-10(22)7-15(18)26/h1-7H,(H,28,30)(H,29,31). The van der Waals surface area contributed by atoms with Crippen LogP contribution in [0.15, 0.2) is 69.3 Å². The number of benzene rings is 3. The van der Waals surface area contributed by atoms with Gasteiger partial charge >= 0.3 is 0 Å². The number of halogens is 7. The fourth-order valence-electron chi connectivity index (χ4n) is 2.53. The number of nitrogens with one attached hydrogen (secondary N) is 2. The van der Waals surface area contributed by atoms with E-state index in [0.29, 0.717) is 34.8 Å². The lowest BCUT2D eigenvalue weighted by molar-refractivity contribution is 0.101. The fraction of sp³-hybridized carbons (Fsp3) is 0. The van der Waals surface area contributed by atoms with Crippen LogP contribution in [0.2, 0.25) is 5.02 Å². The summed E-state index contributed by atoms with van der Waals surface area (Å²) in [5, 5.41) is 5.80. The van der Waals surface area contributed by atoms with Crippen LogP contribution in [0.5, 0.6) is 0 Å². The first-order valence-corrected chi connectivity index (χ1v) is 13.4. The molecule has 0 bridgehead atoms. The average molecular weight is 824 g/mol. The van der Waals surface area contributed by atoms with Crippen LogP contribution >= 0.6 is 107 Å². The second kappa shape index (κ2) is 10.8. The lowest BCUT2D eigenvalue weighted by atomic mass is 10.1. The first-order chi connectivity index (χ1) is 14.6. The molecule has 0 atom stereocenters. The molecule has 3 aromatic carbocycles. The maximum absolute atomic E-state index is 12.8. The largest absolute Gasteiger partial charge is 0.320 e. The molecule has 0 fully saturated rings. The first kappa shape index (κ1) is 25.4. The molecule has 2 amide bonds. The number of rotatable bonds is 4. The van der Waals surface area contributed by atoms with E-state index in [-0.39, 0.29) is 16.5 Å². The molecule has 4 nitrogen and oxygen atoms in total. The molecule has 0 radical (unpaired) electrons. The van der Waals surface area contributed by atoms with Crippen LogP contribution in [-0.4, -0.2) is 11.8 Å². The Balaban J connectivity index is 1.81. The summed E-state index contributed by atoms with van der Waals surface area (Å²) in [7, 11) is 0. The summed E-state index contributed by atoms with van der Waals surface area (Å²) in [6.07, 6.45) is 0. The third kappa shape index (κ3) is 6.22. The number of hydrogen-bond donors (Lipinski definition) is 2. The van der Waals surface area contributed by atoms with E-state index in [0.717, 1.165) is 8.95 Å². The van der Waals surface area contributed by atoms with E-state index in [1.165, 1.54) is 12.1 Å². The third-order valence-electron chi connectivity index (χ3n) is 3.97. The monoisotopic (exact) mass is 818 g/mol. The number of carbonyl (C=O) groups excluding carboxylic acids is 2. The summed E-state index contributed by atoms with van der Waals surface area (Å²) >= 11 is 26.8. The molecule has 0 unspecified atom stereocenters. The molecule has 0 heterocycles. The smallest absolute Gasteiger partial charge is 0.257 e. The van der Waals surface area contributed by atoms with Crippen LogP contribution in [0.25, 0.3) is 0 Å². The fourth-order valence-corrected chi connectivity index (χ4v) is 7.71. The number of carbonyl (C=O) groups is 2. The van der Waals surface area contributed by atoms with Crippen molar-refractivity contribution in [2.45, 2.75) is 0 Å². The summed E-state index contributed by atoms with van der Waals surface area (Å²) in [5.41, 5.74) is 1.70. The van der Waals surface area contributed by atoms with Crippen molar-refractivity contribution in [3.63, 3.8) is 0 Å². The zero-order valence-corrected chi connectivity index (χ0v) is 25.3. The average Bonchev–Trinajstić information content (AvgIpc) is 2.67. The Morgan fingerprint density at radius 3 is 1.48 bits per heavy atom. The Kier molecular flexibility index (Phi) is 8.85. The molecule has 3 rings (SSSR count). The zero-order chi connectivity index (χ0) is 22.9. The van der Waals surface area contributed by atoms with Gasteiger partial charge in [0.2, 0.25) is 0 Å². The van der Waals surface area contributed by atoms with Crippen molar-refractivity contribution in [3.8, 4) is 0 Å². The summed E-state index contributed by atoms with van der Waals surface area (Å²) < 4.78 is 4.50. The van der Waals surface area contributed by atoms with Gasteiger partial charge in [0.05, 0.1) is 22.0 Å². The van der Waals surface area contributed by atoms with Gasteiger partial charge in [-0.2, -0.15) is 0 Å². The molecule has 3 aromatic rings. The van der Waals surface area contributed by atoms with Crippen LogP contribution in [0.3, 0.4) is 0 Å². The van der Waals surface area contributed by atoms with Gasteiger partial charge in [0.15, 0.2) is 0 Å². The second-order valence-corrected chi connectivity index (χ2v) is 11.7. The molecule has 0 aliphatic rings. The van der Waals surface area contributed by atoms with Crippen molar-refractivity contribution >= 4 is 130 Å². The SMILES string of the molecule is O=C(Nc1c(Br)cc(Br)cc1Br)c1ccc(C(=O)Nc2c(Br)cc(Br)cc2Br)c(Cl)c1. The molecular formula is C20H9Br6ClN2O2. The van der Waals surface area contributed by atoms with Gasteiger partial charge in [-0.3, -0.25) is 9.59 Å². The van der Waals surface area contributed by atoms with Crippen molar-refractivity contribution in [2.24, 2.45) is 0 Å². The number of anilines is 2. The quantitative estimate of drug-likeness (QED) is 0.276. The lowest BCUT2D eigenvalue weighted by Crippen LogP contribution is -2.16. The third-order valence-corrected chi connectivity index (χ3v) is 7.70. The Hall–Kier alpha value is -0.230. The normalized spacial score (nSPS) is 10.7. The summed E-state index contributed by atoms with van der Waals surface area (Å²) in [6.45, 7) is 0. The van der Waals surface area contributed by atoms with Gasteiger partial charge in [0, 0.05) is 32.4 Å². The summed E-state index contributed by atoms with van der Waals surface area (Å²) in [6, 6.07) is 11.8. The van der Waals surface area contributed by atoms with E-state index < -0.39 is 5.91 Å². The van der Waals surface area contributed by atoms with Crippen molar-refractivity contribution < 1.29 is 9.59 Å². The van der Waals surface area contributed by atoms with Crippen LogP contribution < -0.4 is 10.6 Å². The minimum atomic E-state index is -0.404. The molecule has 160 valence electrons. The van der Waals surface area contributed by atoms with E-state index in [1.807, 2.05) is 24.3 Å². The molecule has 0 saturated carbocycles. The van der Waals surface area contributed by atoms with Crippen LogP contribution in [-0.2, 0) is 0 Å². The minimum Gasteiger partial charge on any atom is -0.320 e. The maximum Gasteiger partial charge on any atom is 0.257 e. The predicted octanol–water partition coefficient (Wildman–Crippen LogP) is 9.42. The molecule has 0 aliphatic heterocycles. The van der Waals surface area contributed by atoms with E-state index in [9.17, 15) is 9.59 Å². The van der Waals surface area contributed by atoms with Gasteiger partial charge in [0.25, 0.3) is 11.8 Å². The van der Waals surface area contributed by atoms with Crippen LogP contribution in [0, 0.1) is 0 Å². The van der Waals surface area contributed by atoms with E-state index in [2.05, 4.69) is 106 Å². The Bertz CT molecular complexity index is 1170. The van der Waals surface area contributed by atoms with Gasteiger partial charge in [-0.15, -0.1) is 0 Å². The van der Waals surface area contributed by atoms with Crippen molar-refractivity contribution in [1.82, 2.24) is 0 Å². The molecule has 11 heteroatoms. The highest BCUT2D eigenvalue weighted by molar-refractivity contribution is 9.12. The molecule has 31 heavy (non-hydrogen) atoms. The van der Waals surface area contributed by atoms with Crippen LogP contribution in [0.1, 0.15) is 20.7 Å². The minimum absolute atomic E-state index is 0.156. The van der Waals surface area contributed by atoms with Gasteiger partial charge in [0.1, 0.15) is 0 Å². The zero-order valence-electron chi connectivity index (χ0n) is 15.0. The first-order valence-electron chi connectivity index (χ1n) is 8.28. The van der Waals surface area contributed by atoms with Crippen molar-refractivity contribution in [2.75, 3.05) is 10.6 Å².